The summed E-state index contributed by atoms with van der Waals surface area (Å²) in [5.41, 5.74) is 5.47. The van der Waals surface area contributed by atoms with Gasteiger partial charge in [-0.3, -0.25) is 15.2 Å². The molecule has 16 heteroatoms. The lowest BCUT2D eigenvalue weighted by molar-refractivity contribution is 0.0899. The van der Waals surface area contributed by atoms with Gasteiger partial charge in [0, 0.05) is 16.8 Å². The molecule has 186 valence electrons. The number of carbonyl (C=O) groups excluding carboxylic acids is 2. The Morgan fingerprint density at radius 3 is 2.67 bits per heavy atom. The van der Waals surface area contributed by atoms with Crippen LogP contribution in [0.2, 0.25) is 10.0 Å². The van der Waals surface area contributed by atoms with E-state index >= 15 is 0 Å². The van der Waals surface area contributed by atoms with Gasteiger partial charge < -0.3 is 14.6 Å². The SMILES string of the molecule is COc1cc(C(=O)NNC(=O)NCc2ncc(-c3cc(Cl)cc(F)c3-c3nnn(C)n3)cc2Cl)on1. The number of hydrazine groups is 1. The summed E-state index contributed by atoms with van der Waals surface area (Å²) in [4.78, 5) is 29.4. The van der Waals surface area contributed by atoms with E-state index in [0.717, 1.165) is 6.07 Å². The highest BCUT2D eigenvalue weighted by Crippen LogP contribution is 2.36. The molecular formula is C20H16Cl2FN9O4. The van der Waals surface area contributed by atoms with Gasteiger partial charge in [0.1, 0.15) is 5.82 Å². The quantitative estimate of drug-likeness (QED) is 0.315. The first-order valence-corrected chi connectivity index (χ1v) is 10.7. The van der Waals surface area contributed by atoms with Gasteiger partial charge in [-0.1, -0.05) is 23.2 Å². The van der Waals surface area contributed by atoms with Crippen LogP contribution in [0.1, 0.15) is 16.2 Å². The molecule has 0 bridgehead atoms. The molecule has 0 fully saturated rings. The fourth-order valence-electron chi connectivity index (χ4n) is 3.00. The van der Waals surface area contributed by atoms with Crippen molar-refractivity contribution in [3.8, 4) is 28.4 Å². The second-order valence-corrected chi connectivity index (χ2v) is 7.90. The summed E-state index contributed by atoms with van der Waals surface area (Å²) in [6.07, 6.45) is 1.44. The summed E-state index contributed by atoms with van der Waals surface area (Å²) in [6.45, 7) is -0.0839. The van der Waals surface area contributed by atoms with Crippen LogP contribution in [0, 0.1) is 5.82 Å². The van der Waals surface area contributed by atoms with Crippen LogP contribution in [0.25, 0.3) is 22.5 Å². The molecule has 0 radical (unpaired) electrons. The number of methoxy groups -OCH3 is 1. The van der Waals surface area contributed by atoms with Crippen molar-refractivity contribution in [1.82, 2.24) is 46.5 Å². The number of tetrazole rings is 1. The van der Waals surface area contributed by atoms with E-state index < -0.39 is 17.8 Å². The van der Waals surface area contributed by atoms with Gasteiger partial charge in [0.05, 0.1) is 43.0 Å². The van der Waals surface area contributed by atoms with Crippen molar-refractivity contribution in [2.24, 2.45) is 7.05 Å². The average molecular weight is 536 g/mol. The van der Waals surface area contributed by atoms with Crippen LogP contribution in [0.15, 0.2) is 35.0 Å². The Labute approximate surface area is 211 Å². The van der Waals surface area contributed by atoms with E-state index in [1.807, 2.05) is 0 Å². The Bertz CT molecular complexity index is 1440. The second kappa shape index (κ2) is 10.5. The van der Waals surface area contributed by atoms with Crippen LogP contribution < -0.4 is 20.9 Å². The van der Waals surface area contributed by atoms with Gasteiger partial charge in [0.15, 0.2) is 0 Å². The molecule has 0 aliphatic rings. The fourth-order valence-corrected chi connectivity index (χ4v) is 3.44. The number of aromatic nitrogens is 6. The van der Waals surface area contributed by atoms with Crippen LogP contribution in [0.5, 0.6) is 5.88 Å². The minimum atomic E-state index is -0.747. The molecule has 0 saturated carbocycles. The van der Waals surface area contributed by atoms with E-state index in [-0.39, 0.29) is 39.6 Å². The monoisotopic (exact) mass is 535 g/mol. The third kappa shape index (κ3) is 5.50. The average Bonchev–Trinajstić information content (AvgIpc) is 3.50. The Morgan fingerprint density at radius 1 is 1.19 bits per heavy atom. The zero-order valence-electron chi connectivity index (χ0n) is 18.5. The number of ether oxygens (including phenoxy) is 1. The minimum absolute atomic E-state index is 0.0611. The zero-order valence-corrected chi connectivity index (χ0v) is 20.1. The number of carbonyl (C=O) groups is 2. The van der Waals surface area contributed by atoms with Gasteiger partial charge in [-0.25, -0.2) is 14.6 Å². The van der Waals surface area contributed by atoms with Gasteiger partial charge in [-0.15, -0.1) is 10.2 Å². The van der Waals surface area contributed by atoms with Gasteiger partial charge in [0.2, 0.25) is 11.6 Å². The number of amides is 3. The molecule has 3 amide bonds. The lowest BCUT2D eigenvalue weighted by atomic mass is 9.99. The number of urea groups is 1. The van der Waals surface area contributed by atoms with Gasteiger partial charge >= 0.3 is 11.9 Å². The largest absolute Gasteiger partial charge is 0.479 e. The Hall–Kier alpha value is -4.30. The lowest BCUT2D eigenvalue weighted by Crippen LogP contribution is -2.46. The van der Waals surface area contributed by atoms with Crippen molar-refractivity contribution in [3.05, 3.63) is 57.8 Å². The molecule has 0 aliphatic heterocycles. The molecule has 0 unspecified atom stereocenters. The molecule has 3 heterocycles. The van der Waals surface area contributed by atoms with Crippen molar-refractivity contribution >= 4 is 35.1 Å². The second-order valence-electron chi connectivity index (χ2n) is 7.06. The molecule has 36 heavy (non-hydrogen) atoms. The van der Waals surface area contributed by atoms with E-state index in [9.17, 15) is 14.0 Å². The van der Waals surface area contributed by atoms with Crippen LogP contribution in [-0.4, -0.2) is 49.4 Å². The van der Waals surface area contributed by atoms with E-state index in [1.165, 1.54) is 36.3 Å². The van der Waals surface area contributed by atoms with E-state index in [0.29, 0.717) is 16.8 Å². The first-order chi connectivity index (χ1) is 17.2. The summed E-state index contributed by atoms with van der Waals surface area (Å²) in [5, 5.41) is 18.0. The topological polar surface area (TPSA) is 162 Å². The number of halogens is 3. The highest BCUT2D eigenvalue weighted by molar-refractivity contribution is 6.32. The third-order valence-corrected chi connectivity index (χ3v) is 5.19. The van der Waals surface area contributed by atoms with Crippen molar-refractivity contribution in [2.45, 2.75) is 6.54 Å². The molecule has 3 N–H and O–H groups in total. The maximum Gasteiger partial charge on any atom is 0.333 e. The number of nitrogens with zero attached hydrogens (tertiary/aromatic N) is 6. The standard InChI is InChI=1S/C20H16Cl2FN9O4/c1-32-29-18(26-31-32)17-11(4-10(21)5-13(17)23)9-3-12(22)14(24-7-9)8-25-20(34)28-27-19(33)15-6-16(35-2)30-36-15/h3-7H,8H2,1-2H3,(H,27,33)(H2,25,28,34). The van der Waals surface area contributed by atoms with Crippen molar-refractivity contribution in [3.63, 3.8) is 0 Å². The molecule has 1 aromatic carbocycles. The molecule has 13 nitrogen and oxygen atoms in total. The number of hydrogen-bond donors (Lipinski definition) is 3. The number of rotatable bonds is 6. The van der Waals surface area contributed by atoms with E-state index in [2.05, 4.69) is 41.7 Å². The Balaban J connectivity index is 1.44. The van der Waals surface area contributed by atoms with Crippen molar-refractivity contribution in [2.75, 3.05) is 7.11 Å². The molecule has 4 rings (SSSR count). The smallest absolute Gasteiger partial charge is 0.333 e. The summed E-state index contributed by atoms with van der Waals surface area (Å²) < 4.78 is 24.4. The molecule has 0 atom stereocenters. The van der Waals surface area contributed by atoms with Crippen molar-refractivity contribution in [1.29, 1.82) is 0 Å². The van der Waals surface area contributed by atoms with Gasteiger partial charge in [-0.2, -0.15) is 4.80 Å². The number of nitrogens with one attached hydrogen (secondary N) is 3. The number of benzene rings is 1. The molecular weight excluding hydrogens is 520 g/mol. The number of hydrogen-bond acceptors (Lipinski definition) is 9. The molecule has 0 saturated heterocycles. The summed E-state index contributed by atoms with van der Waals surface area (Å²) in [6, 6.07) is 4.71. The molecule has 3 aromatic heterocycles. The normalized spacial score (nSPS) is 10.7. The van der Waals surface area contributed by atoms with E-state index in [4.69, 9.17) is 32.5 Å². The number of aryl methyl sites for hydroxylation is 1. The number of pyridine rings is 1. The van der Waals surface area contributed by atoms with Crippen LogP contribution in [-0.2, 0) is 13.6 Å². The highest BCUT2D eigenvalue weighted by Gasteiger charge is 2.20. The van der Waals surface area contributed by atoms with Crippen molar-refractivity contribution < 1.29 is 23.2 Å². The van der Waals surface area contributed by atoms with Gasteiger partial charge in [0.25, 0.3) is 5.88 Å². The predicted octanol–water partition coefficient (Wildman–Crippen LogP) is 2.53. The molecule has 4 aromatic rings. The van der Waals surface area contributed by atoms with Crippen LogP contribution in [0.3, 0.4) is 0 Å². The molecule has 0 aliphatic carbocycles. The van der Waals surface area contributed by atoms with Gasteiger partial charge in [-0.05, 0) is 34.1 Å². The van der Waals surface area contributed by atoms with E-state index in [1.54, 1.807) is 7.05 Å². The summed E-state index contributed by atoms with van der Waals surface area (Å²) in [5.74, 6) is -1.39. The maximum absolute atomic E-state index is 14.8. The highest BCUT2D eigenvalue weighted by atomic mass is 35.5. The minimum Gasteiger partial charge on any atom is -0.479 e. The third-order valence-electron chi connectivity index (χ3n) is 4.64. The zero-order chi connectivity index (χ0) is 25.8. The first-order valence-electron chi connectivity index (χ1n) is 9.98. The maximum atomic E-state index is 14.8. The first kappa shape index (κ1) is 24.8. The summed E-state index contributed by atoms with van der Waals surface area (Å²) >= 11 is 12.4. The Kier molecular flexibility index (Phi) is 7.26. The predicted molar refractivity (Wildman–Crippen MR) is 123 cm³/mol. The molecule has 0 spiro atoms. The Morgan fingerprint density at radius 2 is 2.00 bits per heavy atom. The lowest BCUT2D eigenvalue weighted by Gasteiger charge is -2.12. The van der Waals surface area contributed by atoms with Crippen LogP contribution in [0.4, 0.5) is 9.18 Å². The summed E-state index contributed by atoms with van der Waals surface area (Å²) in [7, 11) is 2.91. The fraction of sp³-hybridized carbons (Fsp3) is 0.150. The van der Waals surface area contributed by atoms with Crippen LogP contribution >= 0.6 is 23.2 Å².